The maximum absolute atomic E-state index is 14.2. The number of aliphatic hydroxyl groups is 10. The zero-order valence-corrected chi connectivity index (χ0v) is 28.0. The molecule has 13 N–H and O–H groups in total. The minimum atomic E-state index is -1.97. The largest absolute Gasteiger partial charge is 0.507 e. The van der Waals surface area contributed by atoms with Crippen LogP contribution in [0, 0.1) is 0 Å². The van der Waals surface area contributed by atoms with Gasteiger partial charge in [0.1, 0.15) is 83.5 Å². The van der Waals surface area contributed by atoms with E-state index in [2.05, 4.69) is 0 Å². The molecule has 4 heterocycles. The first-order valence-corrected chi connectivity index (χ1v) is 16.5. The van der Waals surface area contributed by atoms with Crippen LogP contribution in [0.5, 0.6) is 28.7 Å². The maximum atomic E-state index is 14.2. The van der Waals surface area contributed by atoms with Gasteiger partial charge in [-0.15, -0.1) is 0 Å². The Bertz CT molecular complexity index is 1850. The summed E-state index contributed by atoms with van der Waals surface area (Å²) < 4.78 is 39.7. The monoisotopic (exact) mass is 772 g/mol. The molecule has 15 atom stereocenters. The Morgan fingerprint density at radius 3 is 1.85 bits per heavy atom. The third-order valence-electron chi connectivity index (χ3n) is 9.40. The van der Waals surface area contributed by atoms with Gasteiger partial charge in [-0.05, 0) is 25.1 Å². The number of rotatable bonds is 9. The highest BCUT2D eigenvalue weighted by molar-refractivity contribution is 5.88. The molecule has 54 heavy (non-hydrogen) atoms. The number of phenolic OH excluding ortho intramolecular Hbond substituents is 3. The van der Waals surface area contributed by atoms with E-state index < -0.39 is 150 Å². The molecule has 1 aromatic heterocycles. The Morgan fingerprint density at radius 1 is 0.630 bits per heavy atom. The number of aliphatic hydroxyl groups excluding tert-OH is 10. The van der Waals surface area contributed by atoms with Gasteiger partial charge in [-0.1, -0.05) is 0 Å². The van der Waals surface area contributed by atoms with Crippen LogP contribution in [0.25, 0.3) is 22.3 Å². The van der Waals surface area contributed by atoms with Crippen LogP contribution in [0.3, 0.4) is 0 Å². The fourth-order valence-electron chi connectivity index (χ4n) is 6.28. The lowest BCUT2D eigenvalue weighted by Gasteiger charge is -2.45. The Kier molecular flexibility index (Phi) is 11.5. The van der Waals surface area contributed by atoms with Gasteiger partial charge >= 0.3 is 0 Å². The SMILES string of the molecule is CC1O[C@@H](Oc2c(-c3ccc(O)c(O)c3)oc3cc(O[C@@H]4OC(CO)[C@@H](O)[C@H](O)C4O)cc(O)c3c2=O)[C@@H](O[C@@H]2OC(CO)[C@@H](O)[C@H](O)C2O)C(O)[C@H]1O. The van der Waals surface area contributed by atoms with Crippen LogP contribution in [0.15, 0.2) is 39.5 Å². The van der Waals surface area contributed by atoms with Gasteiger partial charge in [-0.3, -0.25) is 4.79 Å². The van der Waals surface area contributed by atoms with Gasteiger partial charge in [0.2, 0.25) is 23.8 Å². The van der Waals surface area contributed by atoms with E-state index in [1.807, 2.05) is 0 Å². The molecular formula is C33H40O21. The minimum Gasteiger partial charge on any atom is -0.507 e. The molecule has 3 fully saturated rings. The van der Waals surface area contributed by atoms with Crippen LogP contribution in [0.1, 0.15) is 6.92 Å². The Balaban J connectivity index is 1.42. The number of aromatic hydroxyl groups is 3. The molecule has 2 aromatic carbocycles. The highest BCUT2D eigenvalue weighted by atomic mass is 16.8. The first-order chi connectivity index (χ1) is 25.6. The summed E-state index contributed by atoms with van der Waals surface area (Å²) in [6.45, 7) is -0.255. The Hall–Kier alpha value is -3.91. The smallest absolute Gasteiger partial charge is 0.239 e. The summed E-state index contributed by atoms with van der Waals surface area (Å²) in [6, 6.07) is 5.19. The summed E-state index contributed by atoms with van der Waals surface area (Å²) in [4.78, 5) is 14.2. The third kappa shape index (κ3) is 7.27. The van der Waals surface area contributed by atoms with Gasteiger partial charge < -0.3 is 99.2 Å². The van der Waals surface area contributed by atoms with Crippen molar-refractivity contribution in [3.05, 3.63) is 40.6 Å². The Morgan fingerprint density at radius 2 is 1.24 bits per heavy atom. The summed E-state index contributed by atoms with van der Waals surface area (Å²) in [5.74, 6) is -3.59. The standard InChI is InChI=1S/C33H40O21/c1-9-19(39)25(45)30(54-32-27(47)24(44)21(41)17(8-35)52-32)33(48-9)53-29-22(42)18-14(38)5-11(49-31-26(46)23(43)20(40)16(7-34)51-31)6-15(18)50-28(29)10-2-3-12(36)13(37)4-10/h2-6,9,16-17,19-21,23-27,30-41,43-47H,7-8H2,1H3/t9?,16?,17?,19-,20+,21+,23-,24-,25?,26?,27?,30-,31+,32-,33-/m0/s1. The predicted octanol–water partition coefficient (Wildman–Crippen LogP) is -4.21. The van der Waals surface area contributed by atoms with Crippen molar-refractivity contribution >= 4 is 11.0 Å². The van der Waals surface area contributed by atoms with Crippen LogP contribution in [-0.2, 0) is 18.9 Å². The zero-order valence-electron chi connectivity index (χ0n) is 28.0. The molecule has 21 nitrogen and oxygen atoms in total. The van der Waals surface area contributed by atoms with Crippen molar-refractivity contribution in [2.45, 2.75) is 99.0 Å². The molecule has 0 aliphatic carbocycles. The maximum Gasteiger partial charge on any atom is 0.239 e. The number of ether oxygens (including phenoxy) is 6. The molecule has 3 aliphatic heterocycles. The van der Waals surface area contributed by atoms with E-state index >= 15 is 0 Å². The van der Waals surface area contributed by atoms with Gasteiger partial charge in [0.05, 0.1) is 19.3 Å². The highest BCUT2D eigenvalue weighted by Crippen LogP contribution is 2.41. The molecule has 6 unspecified atom stereocenters. The molecule has 3 saturated heterocycles. The molecule has 21 heteroatoms. The zero-order chi connectivity index (χ0) is 39.3. The van der Waals surface area contributed by atoms with Gasteiger partial charge in [-0.2, -0.15) is 0 Å². The van der Waals surface area contributed by atoms with Crippen LogP contribution < -0.4 is 14.9 Å². The molecule has 6 rings (SSSR count). The molecule has 0 saturated carbocycles. The van der Waals surface area contributed by atoms with E-state index in [1.165, 1.54) is 13.0 Å². The molecule has 0 radical (unpaired) electrons. The van der Waals surface area contributed by atoms with E-state index in [1.54, 1.807) is 0 Å². The van der Waals surface area contributed by atoms with E-state index in [4.69, 9.17) is 32.8 Å². The number of phenols is 3. The van der Waals surface area contributed by atoms with Crippen molar-refractivity contribution in [2.24, 2.45) is 0 Å². The van der Waals surface area contributed by atoms with Gasteiger partial charge in [0.15, 0.2) is 29.7 Å². The third-order valence-corrected chi connectivity index (χ3v) is 9.40. The second-order valence-electron chi connectivity index (χ2n) is 13.0. The van der Waals surface area contributed by atoms with Crippen molar-refractivity contribution in [2.75, 3.05) is 13.2 Å². The molecular weight excluding hydrogens is 732 g/mol. The molecule has 3 aliphatic rings. The van der Waals surface area contributed by atoms with Gasteiger partial charge in [0.25, 0.3) is 0 Å². The quantitative estimate of drug-likeness (QED) is 0.0917. The van der Waals surface area contributed by atoms with Crippen molar-refractivity contribution in [1.29, 1.82) is 0 Å². The number of hydrogen-bond acceptors (Lipinski definition) is 21. The average Bonchev–Trinajstić information content (AvgIpc) is 3.14. The van der Waals surface area contributed by atoms with E-state index in [0.29, 0.717) is 0 Å². The molecule has 0 bridgehead atoms. The first-order valence-electron chi connectivity index (χ1n) is 16.5. The molecule has 3 aromatic rings. The van der Waals surface area contributed by atoms with Crippen molar-refractivity contribution in [1.82, 2.24) is 0 Å². The number of hydrogen-bond donors (Lipinski definition) is 13. The molecule has 0 spiro atoms. The number of fused-ring (bicyclic) bond motifs is 1. The first kappa shape index (κ1) is 39.8. The van der Waals surface area contributed by atoms with E-state index in [9.17, 15) is 71.2 Å². The van der Waals surface area contributed by atoms with Crippen LogP contribution in [0.2, 0.25) is 0 Å². The second-order valence-corrected chi connectivity index (χ2v) is 13.0. The fraction of sp³-hybridized carbons (Fsp3) is 0.545. The fourth-order valence-corrected chi connectivity index (χ4v) is 6.28. The summed E-state index contributed by atoms with van der Waals surface area (Å²) in [5, 5.41) is 133. The van der Waals surface area contributed by atoms with E-state index in [0.717, 1.165) is 24.3 Å². The lowest BCUT2D eigenvalue weighted by Crippen LogP contribution is -2.64. The Labute approximate surface area is 303 Å². The van der Waals surface area contributed by atoms with Crippen LogP contribution >= 0.6 is 0 Å². The summed E-state index contributed by atoms with van der Waals surface area (Å²) >= 11 is 0. The predicted molar refractivity (Wildman–Crippen MR) is 173 cm³/mol. The van der Waals surface area contributed by atoms with Crippen molar-refractivity contribution < 1.29 is 99.2 Å². The normalized spacial score (nSPS) is 37.3. The molecule has 0 amide bonds. The number of benzene rings is 2. The van der Waals surface area contributed by atoms with E-state index in [-0.39, 0.29) is 11.3 Å². The van der Waals surface area contributed by atoms with Gasteiger partial charge in [-0.25, -0.2) is 0 Å². The summed E-state index contributed by atoms with van der Waals surface area (Å²) in [5.41, 5.74) is -1.63. The second kappa shape index (κ2) is 15.7. The topological polar surface area (TPSA) is 349 Å². The lowest BCUT2D eigenvalue weighted by atomic mass is 9.97. The van der Waals surface area contributed by atoms with Gasteiger partial charge in [0, 0.05) is 17.7 Å². The minimum absolute atomic E-state index is 0.116. The van der Waals surface area contributed by atoms with Crippen LogP contribution in [-0.4, -0.2) is 172 Å². The summed E-state index contributed by atoms with van der Waals surface area (Å²) in [7, 11) is 0. The molecule has 298 valence electrons. The summed E-state index contributed by atoms with van der Waals surface area (Å²) in [6.07, 6.45) is -25.8. The van der Waals surface area contributed by atoms with Crippen LogP contribution in [0.4, 0.5) is 0 Å². The highest BCUT2D eigenvalue weighted by Gasteiger charge is 2.51. The average molecular weight is 773 g/mol. The lowest BCUT2D eigenvalue weighted by molar-refractivity contribution is -0.355. The van der Waals surface area contributed by atoms with Crippen molar-refractivity contribution in [3.8, 4) is 40.1 Å². The van der Waals surface area contributed by atoms with Crippen molar-refractivity contribution in [3.63, 3.8) is 0 Å².